The molecule has 0 N–H and O–H groups in total. The van der Waals surface area contributed by atoms with Crippen LogP contribution in [0.5, 0.6) is 11.5 Å². The van der Waals surface area contributed by atoms with Gasteiger partial charge in [0.2, 0.25) is 0 Å². The zero-order chi connectivity index (χ0) is 12.8. The van der Waals surface area contributed by atoms with Crippen LogP contribution in [0.15, 0.2) is 48.5 Å². The van der Waals surface area contributed by atoms with Crippen molar-refractivity contribution in [2.45, 2.75) is 0 Å². The van der Waals surface area contributed by atoms with E-state index in [-0.39, 0.29) is 0 Å². The summed E-state index contributed by atoms with van der Waals surface area (Å²) in [6.07, 6.45) is 4.14. The average Bonchev–Trinajstić information content (AvgIpc) is 2.46. The summed E-state index contributed by atoms with van der Waals surface area (Å²) in [5.41, 5.74) is 2.29. The van der Waals surface area contributed by atoms with Gasteiger partial charge in [0.05, 0.1) is 14.2 Å². The number of hydrogen-bond acceptors (Lipinski definition) is 2. The fourth-order valence-corrected chi connectivity index (χ4v) is 1.62. The molecule has 0 aliphatic heterocycles. The van der Waals surface area contributed by atoms with Crippen LogP contribution in [0.25, 0.3) is 12.2 Å². The zero-order valence-electron chi connectivity index (χ0n) is 10.6. The van der Waals surface area contributed by atoms with Gasteiger partial charge < -0.3 is 9.47 Å². The van der Waals surface area contributed by atoms with E-state index in [9.17, 15) is 0 Å². The Morgan fingerprint density at radius 2 is 0.944 bits per heavy atom. The van der Waals surface area contributed by atoms with Gasteiger partial charge in [0.15, 0.2) is 0 Å². The Labute approximate surface area is 107 Å². The molecule has 2 aromatic rings. The lowest BCUT2D eigenvalue weighted by molar-refractivity contribution is 0.414. The molecule has 0 fully saturated rings. The van der Waals surface area contributed by atoms with Gasteiger partial charge in [0.25, 0.3) is 0 Å². The first-order valence-electron chi connectivity index (χ1n) is 5.78. The first-order valence-corrected chi connectivity index (χ1v) is 5.78. The second-order valence-corrected chi connectivity index (χ2v) is 3.88. The largest absolute Gasteiger partial charge is 0.497 e. The molecule has 2 nitrogen and oxygen atoms in total. The van der Waals surface area contributed by atoms with Gasteiger partial charge in [0.1, 0.15) is 11.5 Å². The number of hydrogen-bond donors (Lipinski definition) is 0. The van der Waals surface area contributed by atoms with Gasteiger partial charge in [0, 0.05) is 0 Å². The number of methoxy groups -OCH3 is 2. The summed E-state index contributed by atoms with van der Waals surface area (Å²) in [7, 11) is 3.34. The molecular weight excluding hydrogens is 224 g/mol. The predicted octanol–water partition coefficient (Wildman–Crippen LogP) is 3.87. The lowest BCUT2D eigenvalue weighted by Crippen LogP contribution is -1.82. The third kappa shape index (κ3) is 3.14. The lowest BCUT2D eigenvalue weighted by Gasteiger charge is -2.00. The first-order chi connectivity index (χ1) is 8.81. The van der Waals surface area contributed by atoms with Gasteiger partial charge >= 0.3 is 0 Å². The molecule has 2 aromatic carbocycles. The number of rotatable bonds is 4. The molecule has 0 unspecified atom stereocenters. The standard InChI is InChI=1S/C16H16O2/c1-17-15-9-5-13(6-10-15)3-4-14-7-11-16(18-2)12-8-14/h3-12H,1-2H3/b4-3+. The van der Waals surface area contributed by atoms with Crippen molar-refractivity contribution in [3.8, 4) is 11.5 Å². The van der Waals surface area contributed by atoms with Crippen molar-refractivity contribution in [1.82, 2.24) is 0 Å². The molecular formula is C16H16O2. The highest BCUT2D eigenvalue weighted by Crippen LogP contribution is 2.16. The molecule has 0 spiro atoms. The molecule has 0 aliphatic rings. The van der Waals surface area contributed by atoms with E-state index in [0.717, 1.165) is 22.6 Å². The minimum Gasteiger partial charge on any atom is -0.497 e. The molecule has 18 heavy (non-hydrogen) atoms. The second kappa shape index (κ2) is 5.92. The summed E-state index contributed by atoms with van der Waals surface area (Å²) >= 11 is 0. The minimum atomic E-state index is 0.872. The Hall–Kier alpha value is -2.22. The maximum Gasteiger partial charge on any atom is 0.118 e. The van der Waals surface area contributed by atoms with Gasteiger partial charge in [-0.3, -0.25) is 0 Å². The summed E-state index contributed by atoms with van der Waals surface area (Å²) in [6.45, 7) is 0. The van der Waals surface area contributed by atoms with Crippen LogP contribution in [0, 0.1) is 0 Å². The number of ether oxygens (including phenoxy) is 2. The van der Waals surface area contributed by atoms with Crippen LogP contribution in [-0.2, 0) is 0 Å². The molecule has 92 valence electrons. The van der Waals surface area contributed by atoms with Gasteiger partial charge in [-0.15, -0.1) is 0 Å². The fourth-order valence-electron chi connectivity index (χ4n) is 1.62. The van der Waals surface area contributed by atoms with Crippen LogP contribution in [-0.4, -0.2) is 14.2 Å². The van der Waals surface area contributed by atoms with Crippen LogP contribution in [0.4, 0.5) is 0 Å². The summed E-state index contributed by atoms with van der Waals surface area (Å²) in [5.74, 6) is 1.74. The summed E-state index contributed by atoms with van der Waals surface area (Å²) in [6, 6.07) is 15.9. The molecule has 2 rings (SSSR count). The highest BCUT2D eigenvalue weighted by atomic mass is 16.5. The SMILES string of the molecule is COc1ccc(/C=C/c2ccc(OC)cc2)cc1. The van der Waals surface area contributed by atoms with Gasteiger partial charge in [-0.1, -0.05) is 36.4 Å². The maximum absolute atomic E-state index is 5.12. The summed E-state index contributed by atoms with van der Waals surface area (Å²) in [4.78, 5) is 0. The number of benzene rings is 2. The van der Waals surface area contributed by atoms with Crippen molar-refractivity contribution in [1.29, 1.82) is 0 Å². The van der Waals surface area contributed by atoms with E-state index in [1.54, 1.807) is 14.2 Å². The minimum absolute atomic E-state index is 0.872. The Balaban J connectivity index is 2.08. The quantitative estimate of drug-likeness (QED) is 0.755. The van der Waals surface area contributed by atoms with E-state index in [4.69, 9.17) is 9.47 Å². The van der Waals surface area contributed by atoms with E-state index in [2.05, 4.69) is 12.2 Å². The van der Waals surface area contributed by atoms with Gasteiger partial charge in [-0.05, 0) is 35.4 Å². The highest BCUT2D eigenvalue weighted by Gasteiger charge is 1.92. The normalized spacial score (nSPS) is 10.6. The summed E-state index contributed by atoms with van der Waals surface area (Å²) in [5, 5.41) is 0. The molecule has 0 saturated heterocycles. The van der Waals surface area contributed by atoms with Crippen LogP contribution in [0.1, 0.15) is 11.1 Å². The van der Waals surface area contributed by atoms with Crippen molar-refractivity contribution in [2.75, 3.05) is 14.2 Å². The zero-order valence-corrected chi connectivity index (χ0v) is 10.6. The van der Waals surface area contributed by atoms with Gasteiger partial charge in [-0.25, -0.2) is 0 Å². The topological polar surface area (TPSA) is 18.5 Å². The van der Waals surface area contributed by atoms with E-state index in [1.165, 1.54) is 0 Å². The fraction of sp³-hybridized carbons (Fsp3) is 0.125. The van der Waals surface area contributed by atoms with Crippen LogP contribution in [0.3, 0.4) is 0 Å². The smallest absolute Gasteiger partial charge is 0.118 e. The lowest BCUT2D eigenvalue weighted by atomic mass is 10.1. The van der Waals surface area contributed by atoms with Crippen molar-refractivity contribution < 1.29 is 9.47 Å². The molecule has 0 heterocycles. The van der Waals surface area contributed by atoms with E-state index < -0.39 is 0 Å². The molecule has 0 atom stereocenters. The summed E-state index contributed by atoms with van der Waals surface area (Å²) < 4.78 is 10.2. The third-order valence-corrected chi connectivity index (χ3v) is 2.70. The van der Waals surface area contributed by atoms with Crippen molar-refractivity contribution in [3.63, 3.8) is 0 Å². The predicted molar refractivity (Wildman–Crippen MR) is 74.9 cm³/mol. The van der Waals surface area contributed by atoms with E-state index in [0.29, 0.717) is 0 Å². The highest BCUT2D eigenvalue weighted by molar-refractivity contribution is 5.70. The molecule has 0 aromatic heterocycles. The molecule has 0 aliphatic carbocycles. The first kappa shape index (κ1) is 12.2. The average molecular weight is 240 g/mol. The Kier molecular flexibility index (Phi) is 4.02. The molecule has 0 radical (unpaired) electrons. The monoisotopic (exact) mass is 240 g/mol. The van der Waals surface area contributed by atoms with Crippen LogP contribution < -0.4 is 9.47 Å². The van der Waals surface area contributed by atoms with Gasteiger partial charge in [-0.2, -0.15) is 0 Å². The van der Waals surface area contributed by atoms with Crippen molar-refractivity contribution in [3.05, 3.63) is 59.7 Å². The third-order valence-electron chi connectivity index (χ3n) is 2.70. The Morgan fingerprint density at radius 1 is 0.611 bits per heavy atom. The molecule has 0 saturated carbocycles. The maximum atomic E-state index is 5.12. The van der Waals surface area contributed by atoms with Crippen molar-refractivity contribution in [2.24, 2.45) is 0 Å². The van der Waals surface area contributed by atoms with Crippen LogP contribution in [0.2, 0.25) is 0 Å². The van der Waals surface area contributed by atoms with Crippen molar-refractivity contribution >= 4 is 12.2 Å². The molecule has 2 heteroatoms. The molecule has 0 bridgehead atoms. The van der Waals surface area contributed by atoms with Crippen LogP contribution >= 0.6 is 0 Å². The van der Waals surface area contributed by atoms with E-state index in [1.807, 2.05) is 48.5 Å². The Morgan fingerprint density at radius 3 is 1.22 bits per heavy atom. The molecule has 0 amide bonds. The second-order valence-electron chi connectivity index (χ2n) is 3.88. The Bertz CT molecular complexity index is 460. The van der Waals surface area contributed by atoms with E-state index >= 15 is 0 Å².